The predicted molar refractivity (Wildman–Crippen MR) is 86.8 cm³/mol. The third-order valence-corrected chi connectivity index (χ3v) is 5.34. The van der Waals surface area contributed by atoms with E-state index < -0.39 is 9.84 Å². The average Bonchev–Trinajstić information content (AvgIpc) is 2.75. The number of nitrogens with zero attached hydrogens (tertiary/aromatic N) is 2. The molecule has 120 valence electrons. The Morgan fingerprint density at radius 3 is 2.14 bits per heavy atom. The van der Waals surface area contributed by atoms with Crippen LogP contribution in [-0.4, -0.2) is 29.1 Å². The Morgan fingerprint density at radius 2 is 1.73 bits per heavy atom. The number of rotatable bonds is 3. The molecule has 6 heteroatoms. The summed E-state index contributed by atoms with van der Waals surface area (Å²) in [4.78, 5) is 0.283. The van der Waals surface area contributed by atoms with Gasteiger partial charge in [0, 0.05) is 5.56 Å². The van der Waals surface area contributed by atoms with Crippen molar-refractivity contribution in [3.63, 3.8) is 0 Å². The Labute approximate surface area is 131 Å². The van der Waals surface area contributed by atoms with Crippen LogP contribution >= 0.6 is 0 Å². The number of benzene rings is 1. The van der Waals surface area contributed by atoms with Gasteiger partial charge in [0.15, 0.2) is 15.6 Å². The van der Waals surface area contributed by atoms with Crippen LogP contribution in [0.1, 0.15) is 33.4 Å². The highest BCUT2D eigenvalue weighted by Crippen LogP contribution is 2.34. The zero-order valence-electron chi connectivity index (χ0n) is 13.6. The minimum atomic E-state index is -3.22. The van der Waals surface area contributed by atoms with Crippen molar-refractivity contribution in [1.82, 2.24) is 9.78 Å². The van der Waals surface area contributed by atoms with Crippen molar-refractivity contribution < 1.29 is 13.5 Å². The van der Waals surface area contributed by atoms with Crippen molar-refractivity contribution in [2.24, 2.45) is 0 Å². The van der Waals surface area contributed by atoms with Crippen LogP contribution in [0.2, 0.25) is 0 Å². The van der Waals surface area contributed by atoms with Crippen molar-refractivity contribution in [2.45, 2.75) is 45.1 Å². The van der Waals surface area contributed by atoms with E-state index >= 15 is 0 Å². The third kappa shape index (κ3) is 2.88. The normalized spacial score (nSPS) is 12.6. The molecule has 22 heavy (non-hydrogen) atoms. The fraction of sp³-hybridized carbons (Fsp3) is 0.438. The topological polar surface area (TPSA) is 72.2 Å². The molecule has 0 atom stereocenters. The Hall–Kier alpha value is -1.82. The van der Waals surface area contributed by atoms with Crippen molar-refractivity contribution >= 4 is 9.84 Å². The number of hydrogen-bond donors (Lipinski definition) is 1. The van der Waals surface area contributed by atoms with Crippen LogP contribution in [-0.2, 0) is 15.4 Å². The molecule has 1 aromatic heterocycles. The second-order valence-electron chi connectivity index (χ2n) is 6.29. The summed E-state index contributed by atoms with van der Waals surface area (Å²) in [7, 11) is -3.22. The monoisotopic (exact) mass is 322 g/mol. The van der Waals surface area contributed by atoms with Crippen molar-refractivity contribution in [3.8, 4) is 17.0 Å². The maximum Gasteiger partial charge on any atom is 0.178 e. The van der Waals surface area contributed by atoms with E-state index in [4.69, 9.17) is 0 Å². The fourth-order valence-electron chi connectivity index (χ4n) is 2.33. The van der Waals surface area contributed by atoms with Crippen LogP contribution in [0, 0.1) is 6.92 Å². The summed E-state index contributed by atoms with van der Waals surface area (Å²) in [6.45, 7) is 9.45. The average molecular weight is 322 g/mol. The van der Waals surface area contributed by atoms with Gasteiger partial charge in [-0.05, 0) is 39.8 Å². The second kappa shape index (κ2) is 5.43. The Kier molecular flexibility index (Phi) is 4.08. The van der Waals surface area contributed by atoms with E-state index in [1.54, 1.807) is 35.9 Å². The first-order chi connectivity index (χ1) is 10.1. The summed E-state index contributed by atoms with van der Waals surface area (Å²) in [6.07, 6.45) is 0. The van der Waals surface area contributed by atoms with Gasteiger partial charge in [-0.3, -0.25) is 4.68 Å². The van der Waals surface area contributed by atoms with E-state index in [0.29, 0.717) is 17.0 Å². The minimum Gasteiger partial charge on any atom is -0.504 e. The highest BCUT2D eigenvalue weighted by Gasteiger charge is 2.23. The molecule has 0 aliphatic rings. The van der Waals surface area contributed by atoms with Gasteiger partial charge >= 0.3 is 0 Å². The van der Waals surface area contributed by atoms with Crippen molar-refractivity contribution in [2.75, 3.05) is 5.75 Å². The zero-order chi connectivity index (χ0) is 16.7. The van der Waals surface area contributed by atoms with Crippen LogP contribution in [0.4, 0.5) is 0 Å². The molecule has 0 radical (unpaired) electrons. The van der Waals surface area contributed by atoms with Crippen LogP contribution in [0.5, 0.6) is 5.75 Å². The van der Waals surface area contributed by atoms with Gasteiger partial charge < -0.3 is 5.11 Å². The van der Waals surface area contributed by atoms with Crippen molar-refractivity contribution in [3.05, 3.63) is 30.0 Å². The SMILES string of the molecule is CCS(=O)(=O)c1ccc(-c2nn(C(C)(C)C)c(C)c2O)cc1. The van der Waals surface area contributed by atoms with E-state index in [1.807, 2.05) is 27.7 Å². The predicted octanol–water partition coefficient (Wildman–Crippen LogP) is 3.11. The lowest BCUT2D eigenvalue weighted by atomic mass is 10.1. The summed E-state index contributed by atoms with van der Waals surface area (Å²) >= 11 is 0. The van der Waals surface area contributed by atoms with Gasteiger partial charge in [-0.25, -0.2) is 8.42 Å². The molecule has 0 amide bonds. The lowest BCUT2D eigenvalue weighted by Gasteiger charge is -2.20. The summed E-state index contributed by atoms with van der Waals surface area (Å²) in [5.41, 5.74) is 1.60. The smallest absolute Gasteiger partial charge is 0.178 e. The molecule has 0 saturated heterocycles. The molecule has 2 aromatic rings. The molecule has 5 nitrogen and oxygen atoms in total. The first-order valence-corrected chi connectivity index (χ1v) is 8.85. The molecule has 0 spiro atoms. The summed E-state index contributed by atoms with van der Waals surface area (Å²) < 4.78 is 25.4. The van der Waals surface area contributed by atoms with Crippen LogP contribution in [0.15, 0.2) is 29.2 Å². The molecule has 0 fully saturated rings. The molecule has 1 aromatic carbocycles. The van der Waals surface area contributed by atoms with E-state index in [2.05, 4.69) is 5.10 Å². The number of sulfone groups is 1. The maximum absolute atomic E-state index is 11.8. The second-order valence-corrected chi connectivity index (χ2v) is 8.57. The third-order valence-electron chi connectivity index (χ3n) is 3.59. The van der Waals surface area contributed by atoms with E-state index in [1.165, 1.54) is 0 Å². The first kappa shape index (κ1) is 16.5. The molecule has 0 aliphatic heterocycles. The van der Waals surface area contributed by atoms with Gasteiger partial charge in [0.1, 0.15) is 5.69 Å². The number of hydrogen-bond acceptors (Lipinski definition) is 4. The minimum absolute atomic E-state index is 0.0648. The standard InChI is InChI=1S/C16H22N2O3S/c1-6-22(20,21)13-9-7-12(8-10-13)14-15(19)11(2)18(17-14)16(3,4)5/h7-10,19H,6H2,1-5H3. The molecule has 1 heterocycles. The number of aromatic hydroxyl groups is 1. The van der Waals surface area contributed by atoms with Crippen molar-refractivity contribution in [1.29, 1.82) is 0 Å². The summed E-state index contributed by atoms with van der Waals surface area (Å²) in [5, 5.41) is 14.8. The van der Waals surface area contributed by atoms with Crippen LogP contribution < -0.4 is 0 Å². The Balaban J connectivity index is 2.50. The Morgan fingerprint density at radius 1 is 1.18 bits per heavy atom. The van der Waals surface area contributed by atoms with Crippen LogP contribution in [0.3, 0.4) is 0 Å². The van der Waals surface area contributed by atoms with E-state index in [-0.39, 0.29) is 21.9 Å². The number of aromatic nitrogens is 2. The molecule has 1 N–H and O–H groups in total. The summed E-state index contributed by atoms with van der Waals surface area (Å²) in [6, 6.07) is 6.46. The molecule has 0 unspecified atom stereocenters. The molecular weight excluding hydrogens is 300 g/mol. The summed E-state index contributed by atoms with van der Waals surface area (Å²) in [5.74, 6) is 0.191. The largest absolute Gasteiger partial charge is 0.504 e. The van der Waals surface area contributed by atoms with Gasteiger partial charge in [-0.15, -0.1) is 0 Å². The zero-order valence-corrected chi connectivity index (χ0v) is 14.4. The maximum atomic E-state index is 11.8. The van der Waals surface area contributed by atoms with Gasteiger partial charge in [-0.2, -0.15) is 5.10 Å². The lowest BCUT2D eigenvalue weighted by molar-refractivity contribution is 0.345. The highest BCUT2D eigenvalue weighted by atomic mass is 32.2. The van der Waals surface area contributed by atoms with Gasteiger partial charge in [0.05, 0.1) is 21.9 Å². The van der Waals surface area contributed by atoms with E-state index in [0.717, 1.165) is 0 Å². The van der Waals surface area contributed by atoms with Gasteiger partial charge in [0.2, 0.25) is 0 Å². The first-order valence-electron chi connectivity index (χ1n) is 7.20. The molecule has 0 bridgehead atoms. The van der Waals surface area contributed by atoms with E-state index in [9.17, 15) is 13.5 Å². The highest BCUT2D eigenvalue weighted by molar-refractivity contribution is 7.91. The molecule has 2 rings (SSSR count). The van der Waals surface area contributed by atoms with Crippen LogP contribution in [0.25, 0.3) is 11.3 Å². The molecule has 0 aliphatic carbocycles. The van der Waals surface area contributed by atoms with Gasteiger partial charge in [0.25, 0.3) is 0 Å². The van der Waals surface area contributed by atoms with Gasteiger partial charge in [-0.1, -0.05) is 19.1 Å². The molecular formula is C16H22N2O3S. The Bertz CT molecular complexity index is 782. The lowest BCUT2D eigenvalue weighted by Crippen LogP contribution is -2.24. The molecule has 0 saturated carbocycles. The fourth-order valence-corrected chi connectivity index (χ4v) is 3.21. The quantitative estimate of drug-likeness (QED) is 0.942.